The Bertz CT molecular complexity index is 991. The fraction of sp³-hybridized carbons (Fsp3) is 0.615. The number of furan rings is 1. The summed E-state index contributed by atoms with van der Waals surface area (Å²) in [7, 11) is 0. The zero-order chi connectivity index (χ0) is 23.0. The smallest absolute Gasteiger partial charge is 0.271 e. The minimum Gasteiger partial charge on any atom is -0.463 e. The van der Waals surface area contributed by atoms with Crippen molar-refractivity contribution in [2.45, 2.75) is 83.0 Å². The first kappa shape index (κ1) is 22.3. The Kier molecular flexibility index (Phi) is 6.08. The number of nitrogens with one attached hydrogen (secondary N) is 1. The molecule has 1 N–H and O–H groups in total. The minimum atomic E-state index is -0.952. The first-order valence-corrected chi connectivity index (χ1v) is 12.6. The van der Waals surface area contributed by atoms with Crippen LogP contribution < -0.4 is 5.32 Å². The first-order chi connectivity index (χ1) is 16.0. The summed E-state index contributed by atoms with van der Waals surface area (Å²) in [6.07, 6.45) is 9.66. The monoisotopic (exact) mass is 452 g/mol. The normalized spacial score (nSPS) is 26.5. The van der Waals surface area contributed by atoms with Gasteiger partial charge in [-0.1, -0.05) is 19.3 Å². The lowest BCUT2D eigenvalue weighted by molar-refractivity contribution is -0.133. The molecule has 7 heteroatoms. The van der Waals surface area contributed by atoms with Crippen LogP contribution in [0.25, 0.3) is 11.5 Å². The van der Waals surface area contributed by atoms with Gasteiger partial charge in [0.05, 0.1) is 18.5 Å². The number of hydrogen-bond donors (Lipinski definition) is 1. The Hall–Kier alpha value is -2.54. The molecule has 1 aliphatic carbocycles. The second-order valence-electron chi connectivity index (χ2n) is 10.2. The van der Waals surface area contributed by atoms with Crippen LogP contribution in [0.15, 0.2) is 34.9 Å². The second-order valence-corrected chi connectivity index (χ2v) is 10.2. The largest absolute Gasteiger partial charge is 0.463 e. The molecule has 7 nitrogen and oxygen atoms in total. The molecule has 1 saturated carbocycles. The van der Waals surface area contributed by atoms with E-state index in [1.807, 2.05) is 40.7 Å². The number of rotatable bonds is 6. The van der Waals surface area contributed by atoms with E-state index in [4.69, 9.17) is 4.42 Å². The van der Waals surface area contributed by atoms with Gasteiger partial charge in [0, 0.05) is 25.2 Å². The molecule has 4 heterocycles. The van der Waals surface area contributed by atoms with Gasteiger partial charge in [-0.25, -0.2) is 0 Å². The molecule has 33 heavy (non-hydrogen) atoms. The van der Waals surface area contributed by atoms with Gasteiger partial charge < -0.3 is 19.2 Å². The first-order valence-electron chi connectivity index (χ1n) is 12.6. The lowest BCUT2D eigenvalue weighted by Gasteiger charge is -2.46. The third-order valence-corrected chi connectivity index (χ3v) is 8.01. The van der Waals surface area contributed by atoms with Crippen LogP contribution in [0.2, 0.25) is 0 Å². The zero-order valence-corrected chi connectivity index (χ0v) is 19.9. The van der Waals surface area contributed by atoms with E-state index in [0.29, 0.717) is 30.6 Å². The highest BCUT2D eigenvalue weighted by molar-refractivity contribution is 6.00. The number of fused-ring (bicyclic) bond motifs is 1. The topological polar surface area (TPSA) is 70.7 Å². The highest BCUT2D eigenvalue weighted by Crippen LogP contribution is 2.34. The molecule has 0 bridgehead atoms. The van der Waals surface area contributed by atoms with E-state index in [9.17, 15) is 9.59 Å². The van der Waals surface area contributed by atoms with E-state index >= 15 is 0 Å². The van der Waals surface area contributed by atoms with E-state index in [-0.39, 0.29) is 17.9 Å². The van der Waals surface area contributed by atoms with Crippen LogP contribution in [0.5, 0.6) is 0 Å². The predicted octanol–water partition coefficient (Wildman–Crippen LogP) is 3.90. The molecule has 0 radical (unpaired) electrons. The van der Waals surface area contributed by atoms with Gasteiger partial charge in [-0.2, -0.15) is 0 Å². The van der Waals surface area contributed by atoms with Gasteiger partial charge in [0.25, 0.3) is 5.91 Å². The van der Waals surface area contributed by atoms with Crippen LogP contribution in [-0.2, 0) is 11.3 Å². The van der Waals surface area contributed by atoms with E-state index in [1.54, 1.807) is 6.26 Å². The van der Waals surface area contributed by atoms with Crippen LogP contribution in [0.3, 0.4) is 0 Å². The fourth-order valence-corrected chi connectivity index (χ4v) is 5.89. The number of carbonyl (C=O) groups is 2. The SMILES string of the molecule is CC1CCCCN1CCN1C(=O)c2ccc(-c3ccco3)n2CC1(C)C(=O)NC1CCCC1. The summed E-state index contributed by atoms with van der Waals surface area (Å²) in [5, 5.41) is 3.28. The van der Waals surface area contributed by atoms with Gasteiger partial charge in [-0.05, 0) is 70.3 Å². The lowest BCUT2D eigenvalue weighted by Crippen LogP contribution is -2.65. The molecular formula is C26H36N4O3. The number of piperidine rings is 1. The second kappa shape index (κ2) is 9.01. The van der Waals surface area contributed by atoms with Crippen molar-refractivity contribution in [1.29, 1.82) is 0 Å². The molecule has 0 spiro atoms. The molecule has 3 aliphatic rings. The Balaban J connectivity index is 1.45. The predicted molar refractivity (Wildman–Crippen MR) is 127 cm³/mol. The van der Waals surface area contributed by atoms with Crippen LogP contribution in [0.4, 0.5) is 0 Å². The highest BCUT2D eigenvalue weighted by Gasteiger charge is 2.48. The van der Waals surface area contributed by atoms with Crippen molar-refractivity contribution in [1.82, 2.24) is 19.7 Å². The standard InChI is InChI=1S/C26H36N4O3/c1-19-8-5-6-14-28(19)15-16-30-24(31)22-13-12-21(23-11-7-17-33-23)29(22)18-26(30,2)25(32)27-20-9-3-4-10-20/h7,11-13,17,19-20H,3-6,8-10,14-16,18H2,1-2H3,(H,27,32). The van der Waals surface area contributed by atoms with Gasteiger partial charge in [0.1, 0.15) is 17.0 Å². The van der Waals surface area contributed by atoms with Crippen LogP contribution >= 0.6 is 0 Å². The average Bonchev–Trinajstić information content (AvgIpc) is 3.56. The van der Waals surface area contributed by atoms with Crippen LogP contribution in [-0.4, -0.2) is 63.4 Å². The Morgan fingerprint density at radius 2 is 1.85 bits per heavy atom. The Morgan fingerprint density at radius 1 is 1.09 bits per heavy atom. The van der Waals surface area contributed by atoms with Gasteiger partial charge >= 0.3 is 0 Å². The zero-order valence-electron chi connectivity index (χ0n) is 19.9. The van der Waals surface area contributed by atoms with Crippen molar-refractivity contribution in [3.05, 3.63) is 36.2 Å². The summed E-state index contributed by atoms with van der Waals surface area (Å²) in [6.45, 7) is 7.04. The molecule has 0 aromatic carbocycles. The molecule has 178 valence electrons. The number of amides is 2. The molecule has 5 rings (SSSR count). The van der Waals surface area contributed by atoms with Gasteiger partial charge in [0.15, 0.2) is 0 Å². The maximum Gasteiger partial charge on any atom is 0.271 e. The summed E-state index contributed by atoms with van der Waals surface area (Å²) in [6, 6.07) is 8.27. The molecule has 2 fully saturated rings. The molecule has 1 saturated heterocycles. The number of carbonyl (C=O) groups excluding carboxylic acids is 2. The third-order valence-electron chi connectivity index (χ3n) is 8.01. The number of nitrogens with zero attached hydrogens (tertiary/aromatic N) is 3. The maximum absolute atomic E-state index is 13.8. The van der Waals surface area contributed by atoms with Crippen molar-refractivity contribution in [2.24, 2.45) is 0 Å². The number of likely N-dealkylation sites (tertiary alicyclic amines) is 1. The summed E-state index contributed by atoms with van der Waals surface area (Å²) in [5.74, 6) is 0.593. The molecule has 2 unspecified atom stereocenters. The van der Waals surface area contributed by atoms with E-state index in [2.05, 4.69) is 17.1 Å². The average molecular weight is 453 g/mol. The highest BCUT2D eigenvalue weighted by atomic mass is 16.3. The summed E-state index contributed by atoms with van der Waals surface area (Å²) in [5.41, 5.74) is 0.512. The van der Waals surface area contributed by atoms with Crippen molar-refractivity contribution in [2.75, 3.05) is 19.6 Å². The van der Waals surface area contributed by atoms with E-state index < -0.39 is 5.54 Å². The molecule has 2 atom stereocenters. The quantitative estimate of drug-likeness (QED) is 0.722. The molecule has 2 amide bonds. The van der Waals surface area contributed by atoms with Gasteiger partial charge in [0.2, 0.25) is 5.91 Å². The molecule has 2 aromatic heterocycles. The third kappa shape index (κ3) is 4.12. The Labute approximate surface area is 196 Å². The van der Waals surface area contributed by atoms with E-state index in [0.717, 1.165) is 44.5 Å². The number of aromatic nitrogens is 1. The van der Waals surface area contributed by atoms with Crippen molar-refractivity contribution < 1.29 is 14.0 Å². The van der Waals surface area contributed by atoms with Crippen molar-refractivity contribution in [3.8, 4) is 11.5 Å². The van der Waals surface area contributed by atoms with Crippen molar-refractivity contribution in [3.63, 3.8) is 0 Å². The van der Waals surface area contributed by atoms with Crippen LogP contribution in [0.1, 0.15) is 69.3 Å². The summed E-state index contributed by atoms with van der Waals surface area (Å²) >= 11 is 0. The molecular weight excluding hydrogens is 416 g/mol. The molecule has 2 aromatic rings. The maximum atomic E-state index is 13.8. The van der Waals surface area contributed by atoms with Crippen LogP contribution in [0, 0.1) is 0 Å². The summed E-state index contributed by atoms with van der Waals surface area (Å²) in [4.78, 5) is 31.8. The molecule has 2 aliphatic heterocycles. The Morgan fingerprint density at radius 3 is 2.58 bits per heavy atom. The summed E-state index contributed by atoms with van der Waals surface area (Å²) < 4.78 is 7.60. The van der Waals surface area contributed by atoms with Gasteiger partial charge in [-0.3, -0.25) is 14.5 Å². The lowest BCUT2D eigenvalue weighted by atomic mass is 9.93. The van der Waals surface area contributed by atoms with E-state index in [1.165, 1.54) is 19.3 Å². The van der Waals surface area contributed by atoms with Gasteiger partial charge in [-0.15, -0.1) is 0 Å². The minimum absolute atomic E-state index is 0.0424. The van der Waals surface area contributed by atoms with Crippen molar-refractivity contribution >= 4 is 11.8 Å². The fourth-order valence-electron chi connectivity index (χ4n) is 5.89. The number of hydrogen-bond acceptors (Lipinski definition) is 4.